The van der Waals surface area contributed by atoms with E-state index in [0.717, 1.165) is 0 Å². The van der Waals surface area contributed by atoms with Crippen molar-refractivity contribution in [3.05, 3.63) is 57.1 Å². The van der Waals surface area contributed by atoms with Crippen molar-refractivity contribution in [1.82, 2.24) is 0 Å². The number of rotatable bonds is 6. The molecule has 0 heterocycles. The van der Waals surface area contributed by atoms with E-state index in [1.165, 1.54) is 25.1 Å². The van der Waals surface area contributed by atoms with E-state index in [-0.39, 0.29) is 23.9 Å². The van der Waals surface area contributed by atoms with Crippen LogP contribution in [0.25, 0.3) is 0 Å². The van der Waals surface area contributed by atoms with Crippen LogP contribution in [0.3, 0.4) is 0 Å². The average molecular weight is 408 g/mol. The quantitative estimate of drug-likeness (QED) is 0.563. The van der Waals surface area contributed by atoms with Crippen LogP contribution in [0.4, 0.5) is 17.1 Å². The lowest BCUT2D eigenvalue weighted by Gasteiger charge is -2.10. The first kappa shape index (κ1) is 18.4. The molecule has 0 saturated carbocycles. The Balaban J connectivity index is 1.98. The lowest BCUT2D eigenvalue weighted by molar-refractivity contribution is -0.384. The second-order valence-corrected chi connectivity index (χ2v) is 5.82. The van der Waals surface area contributed by atoms with Crippen LogP contribution < -0.4 is 15.4 Å². The predicted molar refractivity (Wildman–Crippen MR) is 95.7 cm³/mol. The number of ether oxygens (including phenoxy) is 1. The first-order chi connectivity index (χ1) is 11.8. The third kappa shape index (κ3) is 5.57. The summed E-state index contributed by atoms with van der Waals surface area (Å²) < 4.78 is 5.88. The SMILES string of the molecule is CC(=O)Nc1cccc(OCC(=O)Nc2cc([N+](=O)[O-])ccc2Br)c1. The van der Waals surface area contributed by atoms with Gasteiger partial charge in [0, 0.05) is 35.3 Å². The highest BCUT2D eigenvalue weighted by atomic mass is 79.9. The van der Waals surface area contributed by atoms with Gasteiger partial charge in [-0.15, -0.1) is 0 Å². The monoisotopic (exact) mass is 407 g/mol. The van der Waals surface area contributed by atoms with Crippen LogP contribution in [0.1, 0.15) is 6.92 Å². The first-order valence-electron chi connectivity index (χ1n) is 7.09. The van der Waals surface area contributed by atoms with E-state index < -0.39 is 10.8 Å². The van der Waals surface area contributed by atoms with Gasteiger partial charge in [-0.05, 0) is 34.1 Å². The summed E-state index contributed by atoms with van der Waals surface area (Å²) in [6.07, 6.45) is 0. The fourth-order valence-electron chi connectivity index (χ4n) is 1.92. The second-order valence-electron chi connectivity index (χ2n) is 4.97. The van der Waals surface area contributed by atoms with Crippen LogP contribution in [-0.4, -0.2) is 23.3 Å². The molecule has 0 unspecified atom stereocenters. The summed E-state index contributed by atoms with van der Waals surface area (Å²) >= 11 is 3.22. The molecule has 0 aromatic heterocycles. The molecule has 0 aliphatic rings. The second kappa shape index (κ2) is 8.25. The van der Waals surface area contributed by atoms with E-state index in [2.05, 4.69) is 26.6 Å². The number of nitro groups is 1. The summed E-state index contributed by atoms with van der Waals surface area (Å²) in [6, 6.07) is 10.6. The number of benzene rings is 2. The van der Waals surface area contributed by atoms with Gasteiger partial charge < -0.3 is 15.4 Å². The van der Waals surface area contributed by atoms with Crippen molar-refractivity contribution >= 4 is 44.8 Å². The Morgan fingerprint density at radius 1 is 1.20 bits per heavy atom. The third-order valence-corrected chi connectivity index (χ3v) is 3.65. The zero-order valence-electron chi connectivity index (χ0n) is 13.1. The van der Waals surface area contributed by atoms with E-state index in [4.69, 9.17) is 4.74 Å². The van der Waals surface area contributed by atoms with Gasteiger partial charge in [-0.3, -0.25) is 19.7 Å². The molecule has 0 fully saturated rings. The zero-order chi connectivity index (χ0) is 18.4. The average Bonchev–Trinajstić information content (AvgIpc) is 2.54. The first-order valence-corrected chi connectivity index (χ1v) is 7.88. The van der Waals surface area contributed by atoms with E-state index >= 15 is 0 Å². The molecule has 2 aromatic carbocycles. The topological polar surface area (TPSA) is 111 Å². The molecule has 0 radical (unpaired) electrons. The number of amides is 2. The Morgan fingerprint density at radius 3 is 2.64 bits per heavy atom. The van der Waals surface area contributed by atoms with Crippen molar-refractivity contribution in [1.29, 1.82) is 0 Å². The fraction of sp³-hybridized carbons (Fsp3) is 0.125. The zero-order valence-corrected chi connectivity index (χ0v) is 14.7. The molecule has 25 heavy (non-hydrogen) atoms. The number of nitrogens with one attached hydrogen (secondary N) is 2. The van der Waals surface area contributed by atoms with Crippen LogP contribution in [0.15, 0.2) is 46.9 Å². The summed E-state index contributed by atoms with van der Waals surface area (Å²) in [5.74, 6) is -0.295. The fourth-order valence-corrected chi connectivity index (χ4v) is 2.27. The molecule has 8 nitrogen and oxygen atoms in total. The van der Waals surface area contributed by atoms with Gasteiger partial charge in [0.15, 0.2) is 6.61 Å². The smallest absolute Gasteiger partial charge is 0.271 e. The molecule has 0 atom stereocenters. The van der Waals surface area contributed by atoms with Crippen LogP contribution in [-0.2, 0) is 9.59 Å². The summed E-state index contributed by atoms with van der Waals surface area (Å²) in [5.41, 5.74) is 0.684. The van der Waals surface area contributed by atoms with Crippen LogP contribution in [0.5, 0.6) is 5.75 Å². The molecule has 2 amide bonds. The van der Waals surface area contributed by atoms with Gasteiger partial charge in [0.1, 0.15) is 5.75 Å². The number of nitrogens with zero attached hydrogens (tertiary/aromatic N) is 1. The molecule has 2 N–H and O–H groups in total. The summed E-state index contributed by atoms with van der Waals surface area (Å²) in [5, 5.41) is 15.9. The third-order valence-electron chi connectivity index (χ3n) is 2.96. The van der Waals surface area contributed by atoms with Crippen molar-refractivity contribution in [3.63, 3.8) is 0 Å². The number of carbonyl (C=O) groups is 2. The maximum absolute atomic E-state index is 12.0. The molecular weight excluding hydrogens is 394 g/mol. The number of hydrogen-bond acceptors (Lipinski definition) is 5. The van der Waals surface area contributed by atoms with Crippen LogP contribution >= 0.6 is 15.9 Å². The van der Waals surface area contributed by atoms with Crippen molar-refractivity contribution < 1.29 is 19.2 Å². The molecule has 2 aromatic rings. The van der Waals surface area contributed by atoms with Gasteiger partial charge in [0.05, 0.1) is 10.6 Å². The Morgan fingerprint density at radius 2 is 1.96 bits per heavy atom. The van der Waals surface area contributed by atoms with Crippen molar-refractivity contribution in [2.24, 2.45) is 0 Å². The Kier molecular flexibility index (Phi) is 6.07. The van der Waals surface area contributed by atoms with Crippen molar-refractivity contribution in [2.45, 2.75) is 6.92 Å². The van der Waals surface area contributed by atoms with E-state index in [1.54, 1.807) is 24.3 Å². The highest BCUT2D eigenvalue weighted by Crippen LogP contribution is 2.27. The largest absolute Gasteiger partial charge is 0.484 e. The van der Waals surface area contributed by atoms with Crippen LogP contribution in [0, 0.1) is 10.1 Å². The maximum Gasteiger partial charge on any atom is 0.271 e. The van der Waals surface area contributed by atoms with Gasteiger partial charge >= 0.3 is 0 Å². The van der Waals surface area contributed by atoms with Crippen molar-refractivity contribution in [3.8, 4) is 5.75 Å². The molecular formula is C16H14BrN3O5. The summed E-state index contributed by atoms with van der Waals surface area (Å²) in [6.45, 7) is 1.09. The van der Waals surface area contributed by atoms with E-state index in [0.29, 0.717) is 15.9 Å². The minimum absolute atomic E-state index is 0.137. The molecule has 130 valence electrons. The lowest BCUT2D eigenvalue weighted by Crippen LogP contribution is -2.20. The lowest BCUT2D eigenvalue weighted by atomic mass is 10.3. The molecule has 0 spiro atoms. The summed E-state index contributed by atoms with van der Waals surface area (Å²) in [4.78, 5) is 33.3. The highest BCUT2D eigenvalue weighted by Gasteiger charge is 2.12. The van der Waals surface area contributed by atoms with Gasteiger partial charge in [0.25, 0.3) is 11.6 Å². The molecule has 9 heteroatoms. The van der Waals surface area contributed by atoms with Gasteiger partial charge in [0.2, 0.25) is 5.91 Å². The number of halogens is 1. The van der Waals surface area contributed by atoms with E-state index in [1.807, 2.05) is 0 Å². The number of non-ortho nitro benzene ring substituents is 1. The minimum Gasteiger partial charge on any atom is -0.484 e. The molecule has 2 rings (SSSR count). The normalized spacial score (nSPS) is 10.0. The van der Waals surface area contributed by atoms with Crippen molar-refractivity contribution in [2.75, 3.05) is 17.2 Å². The molecule has 0 bridgehead atoms. The number of anilines is 2. The number of nitro benzene ring substituents is 1. The maximum atomic E-state index is 12.0. The predicted octanol–water partition coefficient (Wildman–Crippen LogP) is 3.33. The van der Waals surface area contributed by atoms with Gasteiger partial charge in [-0.2, -0.15) is 0 Å². The minimum atomic E-state index is -0.549. The Hall–Kier alpha value is -2.94. The van der Waals surface area contributed by atoms with Crippen LogP contribution in [0.2, 0.25) is 0 Å². The standard InChI is InChI=1S/C16H14BrN3O5/c1-10(21)18-11-3-2-4-13(7-11)25-9-16(22)19-15-8-12(20(23)24)5-6-14(15)17/h2-8H,9H2,1H3,(H,18,21)(H,19,22). The summed E-state index contributed by atoms with van der Waals surface area (Å²) in [7, 11) is 0. The molecule has 0 aliphatic carbocycles. The number of carbonyl (C=O) groups excluding carboxylic acids is 2. The van der Waals surface area contributed by atoms with Gasteiger partial charge in [-0.25, -0.2) is 0 Å². The number of hydrogen-bond donors (Lipinski definition) is 2. The van der Waals surface area contributed by atoms with E-state index in [9.17, 15) is 19.7 Å². The Labute approximate surface area is 151 Å². The molecule has 0 aliphatic heterocycles. The molecule has 0 saturated heterocycles. The highest BCUT2D eigenvalue weighted by molar-refractivity contribution is 9.10. The van der Waals surface area contributed by atoms with Gasteiger partial charge in [-0.1, -0.05) is 6.07 Å². The Bertz CT molecular complexity index is 825.